The average Bonchev–Trinajstić information content (AvgIpc) is 2.90. The van der Waals surface area contributed by atoms with Gasteiger partial charge in [0.2, 0.25) is 5.91 Å². The van der Waals surface area contributed by atoms with Gasteiger partial charge in [0.05, 0.1) is 17.1 Å². The van der Waals surface area contributed by atoms with E-state index in [2.05, 4.69) is 17.1 Å². The summed E-state index contributed by atoms with van der Waals surface area (Å²) in [6.07, 6.45) is 2.36. The fraction of sp³-hybridized carbons (Fsp3) is 0.450. The lowest BCUT2D eigenvalue weighted by Gasteiger charge is -2.32. The molecule has 0 spiro atoms. The summed E-state index contributed by atoms with van der Waals surface area (Å²) in [7, 11) is 1.81. The van der Waals surface area contributed by atoms with Gasteiger partial charge >= 0.3 is 0 Å². The molecule has 150 valence electrons. The summed E-state index contributed by atoms with van der Waals surface area (Å²) >= 11 is 6.85. The summed E-state index contributed by atoms with van der Waals surface area (Å²) in [6, 6.07) is 9.37. The molecule has 1 aromatic heterocycles. The number of nitrogens with one attached hydrogen (secondary N) is 1. The number of thioether (sulfide) groups is 1. The number of likely N-dealkylation sites (tertiary alicyclic amines) is 1. The second kappa shape index (κ2) is 8.96. The van der Waals surface area contributed by atoms with E-state index in [0.717, 1.165) is 29.5 Å². The number of para-hydroxylation sites is 1. The maximum atomic E-state index is 12.9. The Morgan fingerprint density at radius 2 is 2.04 bits per heavy atom. The Morgan fingerprint density at radius 3 is 2.71 bits per heavy atom. The van der Waals surface area contributed by atoms with E-state index in [1.54, 1.807) is 16.4 Å². The monoisotopic (exact) mass is 418 g/mol. The number of benzene rings is 1. The highest BCUT2D eigenvalue weighted by atomic mass is 32.2. The van der Waals surface area contributed by atoms with Gasteiger partial charge in [0.1, 0.15) is 10.0 Å². The van der Waals surface area contributed by atoms with Gasteiger partial charge in [0.25, 0.3) is 5.56 Å². The molecule has 1 N–H and O–H groups in total. The zero-order valence-electron chi connectivity index (χ0n) is 16.5. The summed E-state index contributed by atoms with van der Waals surface area (Å²) in [5.41, 5.74) is 1.54. The fourth-order valence-corrected chi connectivity index (χ4v) is 4.48. The Hall–Kier alpha value is -2.06. The van der Waals surface area contributed by atoms with Crippen molar-refractivity contribution in [3.8, 4) is 5.69 Å². The standard InChI is InChI=1S/C20H26N4O2S2/c1-14-8-7-11-23(12-14)20(27)28-13-17(25)21-18-15(2)22(3)24(19(18)26)16-9-5-4-6-10-16/h4-6,9-10,14H,7-8,11-13H2,1-3H3,(H,21,25). The normalized spacial score (nSPS) is 16.8. The first-order valence-corrected chi connectivity index (χ1v) is 10.8. The Labute approximate surface area is 174 Å². The van der Waals surface area contributed by atoms with Gasteiger partial charge in [-0.15, -0.1) is 0 Å². The summed E-state index contributed by atoms with van der Waals surface area (Å²) in [6.45, 7) is 5.95. The summed E-state index contributed by atoms with van der Waals surface area (Å²) in [4.78, 5) is 27.5. The molecule has 1 aliphatic heterocycles. The number of rotatable bonds is 4. The van der Waals surface area contributed by atoms with Crippen molar-refractivity contribution in [2.24, 2.45) is 13.0 Å². The van der Waals surface area contributed by atoms with Crippen LogP contribution in [0.15, 0.2) is 35.1 Å². The highest BCUT2D eigenvalue weighted by molar-refractivity contribution is 8.23. The van der Waals surface area contributed by atoms with Gasteiger partial charge in [-0.2, -0.15) is 0 Å². The largest absolute Gasteiger partial charge is 0.357 e. The van der Waals surface area contributed by atoms with E-state index in [0.29, 0.717) is 17.3 Å². The molecule has 2 heterocycles. The van der Waals surface area contributed by atoms with Crippen molar-refractivity contribution < 1.29 is 4.79 Å². The molecule has 8 heteroatoms. The first-order chi connectivity index (χ1) is 13.4. The average molecular weight is 419 g/mol. The second-order valence-electron chi connectivity index (χ2n) is 7.23. The van der Waals surface area contributed by atoms with Crippen LogP contribution in [-0.4, -0.2) is 43.3 Å². The van der Waals surface area contributed by atoms with E-state index < -0.39 is 0 Å². The number of hydrogen-bond acceptors (Lipinski definition) is 4. The third-order valence-corrected chi connectivity index (χ3v) is 6.58. The molecular weight excluding hydrogens is 392 g/mol. The van der Waals surface area contributed by atoms with E-state index in [9.17, 15) is 9.59 Å². The molecule has 6 nitrogen and oxygen atoms in total. The molecule has 0 radical (unpaired) electrons. The third kappa shape index (κ3) is 4.50. The van der Waals surface area contributed by atoms with Crippen molar-refractivity contribution in [2.45, 2.75) is 26.7 Å². The van der Waals surface area contributed by atoms with E-state index in [-0.39, 0.29) is 17.2 Å². The van der Waals surface area contributed by atoms with Crippen molar-refractivity contribution >= 4 is 39.9 Å². The van der Waals surface area contributed by atoms with Crippen molar-refractivity contribution in [1.29, 1.82) is 0 Å². The first kappa shape index (κ1) is 20.7. The maximum Gasteiger partial charge on any atom is 0.295 e. The fourth-order valence-electron chi connectivity index (χ4n) is 3.46. The van der Waals surface area contributed by atoms with Crippen LogP contribution in [0, 0.1) is 12.8 Å². The van der Waals surface area contributed by atoms with E-state index in [4.69, 9.17) is 12.2 Å². The molecule has 28 heavy (non-hydrogen) atoms. The molecule has 1 aromatic carbocycles. The molecule has 1 fully saturated rings. The lowest BCUT2D eigenvalue weighted by molar-refractivity contribution is -0.113. The van der Waals surface area contributed by atoms with Crippen LogP contribution in [0.25, 0.3) is 5.69 Å². The van der Waals surface area contributed by atoms with Crippen LogP contribution in [0.3, 0.4) is 0 Å². The minimum atomic E-state index is -0.239. The molecule has 1 amide bonds. The maximum absolute atomic E-state index is 12.9. The predicted molar refractivity (Wildman–Crippen MR) is 119 cm³/mol. The Morgan fingerprint density at radius 1 is 1.32 bits per heavy atom. The topological polar surface area (TPSA) is 59.3 Å². The summed E-state index contributed by atoms with van der Waals surface area (Å²) in [5, 5.41) is 2.78. The van der Waals surface area contributed by atoms with Crippen LogP contribution in [0.5, 0.6) is 0 Å². The molecule has 0 bridgehead atoms. The van der Waals surface area contributed by atoms with Crippen molar-refractivity contribution in [3.05, 3.63) is 46.4 Å². The van der Waals surface area contributed by atoms with Gasteiger partial charge in [-0.25, -0.2) is 4.68 Å². The number of carbonyl (C=O) groups is 1. The first-order valence-electron chi connectivity index (χ1n) is 9.44. The van der Waals surface area contributed by atoms with Gasteiger partial charge in [0.15, 0.2) is 0 Å². The number of anilines is 1. The molecule has 1 unspecified atom stereocenters. The van der Waals surface area contributed by atoms with Crippen LogP contribution in [0.1, 0.15) is 25.5 Å². The quantitative estimate of drug-likeness (QED) is 0.773. The lowest BCUT2D eigenvalue weighted by atomic mass is 10.0. The highest BCUT2D eigenvalue weighted by Gasteiger charge is 2.21. The number of hydrogen-bond donors (Lipinski definition) is 1. The molecule has 0 aliphatic carbocycles. The van der Waals surface area contributed by atoms with Gasteiger partial charge in [-0.1, -0.05) is 49.1 Å². The SMILES string of the molecule is Cc1c(NC(=O)CSC(=S)N2CCCC(C)C2)c(=O)n(-c2ccccc2)n1C. The van der Waals surface area contributed by atoms with Crippen LogP contribution in [0.2, 0.25) is 0 Å². The minimum absolute atomic E-state index is 0.197. The number of carbonyl (C=O) groups excluding carboxylic acids is 1. The zero-order chi connectivity index (χ0) is 20.3. The Bertz CT molecular complexity index is 920. The van der Waals surface area contributed by atoms with Crippen LogP contribution < -0.4 is 10.9 Å². The number of aromatic nitrogens is 2. The molecule has 1 saturated heterocycles. The van der Waals surface area contributed by atoms with Gasteiger partial charge < -0.3 is 10.2 Å². The van der Waals surface area contributed by atoms with E-state index in [1.165, 1.54) is 18.2 Å². The van der Waals surface area contributed by atoms with E-state index in [1.807, 2.05) is 37.3 Å². The van der Waals surface area contributed by atoms with Gasteiger partial charge in [0, 0.05) is 20.1 Å². The van der Waals surface area contributed by atoms with Crippen molar-refractivity contribution in [3.63, 3.8) is 0 Å². The molecule has 3 rings (SSSR count). The van der Waals surface area contributed by atoms with Crippen LogP contribution >= 0.6 is 24.0 Å². The van der Waals surface area contributed by atoms with E-state index >= 15 is 0 Å². The van der Waals surface area contributed by atoms with Crippen LogP contribution in [-0.2, 0) is 11.8 Å². The predicted octanol–water partition coefficient (Wildman–Crippen LogP) is 3.17. The highest BCUT2D eigenvalue weighted by Crippen LogP contribution is 2.20. The Kier molecular flexibility index (Phi) is 6.61. The van der Waals surface area contributed by atoms with Crippen molar-refractivity contribution in [1.82, 2.24) is 14.3 Å². The number of amides is 1. The summed E-state index contributed by atoms with van der Waals surface area (Å²) < 4.78 is 4.06. The molecule has 1 atom stereocenters. The molecular formula is C20H26N4O2S2. The van der Waals surface area contributed by atoms with Crippen molar-refractivity contribution in [2.75, 3.05) is 24.2 Å². The van der Waals surface area contributed by atoms with Gasteiger partial charge in [-0.05, 0) is 37.8 Å². The molecule has 0 saturated carbocycles. The second-order valence-corrected chi connectivity index (χ2v) is 8.84. The minimum Gasteiger partial charge on any atom is -0.357 e. The Balaban J connectivity index is 1.66. The molecule has 2 aromatic rings. The zero-order valence-corrected chi connectivity index (χ0v) is 18.1. The smallest absolute Gasteiger partial charge is 0.295 e. The number of piperidine rings is 1. The van der Waals surface area contributed by atoms with Gasteiger partial charge in [-0.3, -0.25) is 14.3 Å². The third-order valence-electron chi connectivity index (χ3n) is 5.06. The summed E-state index contributed by atoms with van der Waals surface area (Å²) in [5.74, 6) is 0.607. The number of thiocarbonyl (C=S) groups is 1. The molecule has 1 aliphatic rings. The van der Waals surface area contributed by atoms with Crippen LogP contribution in [0.4, 0.5) is 5.69 Å². The lowest BCUT2D eigenvalue weighted by Crippen LogP contribution is -2.37. The number of nitrogens with zero attached hydrogens (tertiary/aromatic N) is 3.